The third kappa shape index (κ3) is 5.24. The van der Waals surface area contributed by atoms with E-state index in [4.69, 9.17) is 21.4 Å². The molecule has 0 saturated carbocycles. The summed E-state index contributed by atoms with van der Waals surface area (Å²) in [6, 6.07) is 7.70. The first-order valence-electron chi connectivity index (χ1n) is 9.27. The van der Waals surface area contributed by atoms with Crippen LogP contribution in [-0.4, -0.2) is 58.7 Å². The number of hydrogen-bond acceptors (Lipinski definition) is 6. The Kier molecular flexibility index (Phi) is 6.78. The molecule has 2 heterocycles. The van der Waals surface area contributed by atoms with E-state index >= 15 is 0 Å². The number of hydrogen-bond donors (Lipinski definition) is 0. The van der Waals surface area contributed by atoms with Crippen LogP contribution in [0.3, 0.4) is 0 Å². The van der Waals surface area contributed by atoms with Crippen LogP contribution in [0.1, 0.15) is 19.4 Å². The normalized spacial score (nSPS) is 15.5. The first-order valence-corrected chi connectivity index (χ1v) is 10.7. The minimum absolute atomic E-state index is 0.337. The van der Waals surface area contributed by atoms with Gasteiger partial charge < -0.3 is 14.1 Å². The highest BCUT2D eigenvalue weighted by molar-refractivity contribution is 8.22. The summed E-state index contributed by atoms with van der Waals surface area (Å²) in [6.45, 7) is 11.0. The van der Waals surface area contributed by atoms with Gasteiger partial charge in [0.2, 0.25) is 0 Å². The molecule has 0 aliphatic carbocycles. The van der Waals surface area contributed by atoms with Gasteiger partial charge in [0.05, 0.1) is 6.61 Å². The van der Waals surface area contributed by atoms with Gasteiger partial charge in [-0.1, -0.05) is 24.0 Å². The van der Waals surface area contributed by atoms with Gasteiger partial charge in [0.25, 0.3) is 0 Å². The summed E-state index contributed by atoms with van der Waals surface area (Å²) in [7, 11) is 0. The Labute approximate surface area is 169 Å². The number of benzene rings is 1. The number of piperazine rings is 1. The topological polar surface area (TPSA) is 45.9 Å². The van der Waals surface area contributed by atoms with E-state index in [1.54, 1.807) is 17.8 Å². The van der Waals surface area contributed by atoms with Crippen LogP contribution in [0.5, 0.6) is 5.75 Å². The van der Waals surface area contributed by atoms with E-state index in [0.29, 0.717) is 24.0 Å². The molecule has 1 saturated heterocycles. The van der Waals surface area contributed by atoms with Crippen LogP contribution in [0.2, 0.25) is 0 Å². The molecule has 2 aromatic rings. The maximum atomic E-state index is 11.5. The van der Waals surface area contributed by atoms with Crippen LogP contribution in [0, 0.1) is 6.92 Å². The van der Waals surface area contributed by atoms with Gasteiger partial charge in [-0.2, -0.15) is 0 Å². The second-order valence-electron chi connectivity index (χ2n) is 6.99. The van der Waals surface area contributed by atoms with Gasteiger partial charge in [0.1, 0.15) is 15.7 Å². The highest BCUT2D eigenvalue weighted by Gasteiger charge is 2.20. The molecule has 0 unspecified atom stereocenters. The molecule has 146 valence electrons. The third-order valence-electron chi connectivity index (χ3n) is 4.80. The van der Waals surface area contributed by atoms with Gasteiger partial charge >= 0.3 is 5.63 Å². The second kappa shape index (κ2) is 9.08. The van der Waals surface area contributed by atoms with Gasteiger partial charge in [-0.25, -0.2) is 4.79 Å². The van der Waals surface area contributed by atoms with E-state index in [1.807, 2.05) is 19.1 Å². The average molecular weight is 407 g/mol. The van der Waals surface area contributed by atoms with Crippen LogP contribution in [0.4, 0.5) is 0 Å². The maximum absolute atomic E-state index is 11.5. The second-order valence-corrected chi connectivity index (χ2v) is 8.71. The van der Waals surface area contributed by atoms with Crippen LogP contribution in [0.15, 0.2) is 33.5 Å². The lowest BCUT2D eigenvalue weighted by Crippen LogP contribution is -2.49. The highest BCUT2D eigenvalue weighted by atomic mass is 32.2. The van der Waals surface area contributed by atoms with Gasteiger partial charge in [-0.05, 0) is 38.5 Å². The number of aryl methyl sites for hydroxylation is 1. The first-order chi connectivity index (χ1) is 12.9. The van der Waals surface area contributed by atoms with E-state index in [-0.39, 0.29) is 5.63 Å². The van der Waals surface area contributed by atoms with Gasteiger partial charge in [-0.3, -0.25) is 4.90 Å². The molecular formula is C20H26N2O3S2. The van der Waals surface area contributed by atoms with Crippen molar-refractivity contribution >= 4 is 39.3 Å². The minimum Gasteiger partial charge on any atom is -0.493 e. The molecule has 0 atom stereocenters. The van der Waals surface area contributed by atoms with Crippen LogP contribution in [-0.2, 0) is 0 Å². The Balaban J connectivity index is 1.46. The molecular weight excluding hydrogens is 380 g/mol. The highest BCUT2D eigenvalue weighted by Crippen LogP contribution is 2.22. The zero-order valence-corrected chi connectivity index (χ0v) is 17.7. The zero-order valence-electron chi connectivity index (χ0n) is 16.1. The Morgan fingerprint density at radius 2 is 2.00 bits per heavy atom. The number of rotatable bonds is 5. The summed E-state index contributed by atoms with van der Waals surface area (Å²) in [5.41, 5.74) is 1.13. The van der Waals surface area contributed by atoms with Crippen molar-refractivity contribution in [3.8, 4) is 5.75 Å². The summed E-state index contributed by atoms with van der Waals surface area (Å²) in [5, 5.41) is 0.929. The van der Waals surface area contributed by atoms with E-state index in [9.17, 15) is 4.79 Å². The summed E-state index contributed by atoms with van der Waals surface area (Å²) < 4.78 is 12.0. The molecule has 1 fully saturated rings. The lowest BCUT2D eigenvalue weighted by Gasteiger charge is -2.37. The predicted molar refractivity (Wildman–Crippen MR) is 116 cm³/mol. The van der Waals surface area contributed by atoms with Crippen molar-refractivity contribution < 1.29 is 9.15 Å². The average Bonchev–Trinajstić information content (AvgIpc) is 2.64. The van der Waals surface area contributed by atoms with Crippen molar-refractivity contribution in [2.45, 2.75) is 26.8 Å². The lowest BCUT2D eigenvalue weighted by molar-refractivity contribution is 0.151. The maximum Gasteiger partial charge on any atom is 0.336 e. The van der Waals surface area contributed by atoms with Crippen molar-refractivity contribution in [2.75, 3.05) is 38.5 Å². The SMILES string of the molecule is Cc1cc(=O)oc2cc(OCCSC(=S)N3CCN(C(C)C)CC3)ccc12. The largest absolute Gasteiger partial charge is 0.493 e. The third-order valence-corrected chi connectivity index (χ3v) is 6.29. The molecule has 1 aromatic heterocycles. The summed E-state index contributed by atoms with van der Waals surface area (Å²) in [5.74, 6) is 1.49. The molecule has 5 nitrogen and oxygen atoms in total. The summed E-state index contributed by atoms with van der Waals surface area (Å²) in [4.78, 5) is 16.3. The zero-order chi connectivity index (χ0) is 19.4. The van der Waals surface area contributed by atoms with Crippen molar-refractivity contribution in [1.29, 1.82) is 0 Å². The molecule has 0 bridgehead atoms. The van der Waals surface area contributed by atoms with Crippen molar-refractivity contribution in [1.82, 2.24) is 9.80 Å². The first kappa shape index (κ1) is 20.2. The van der Waals surface area contributed by atoms with Gasteiger partial charge in [-0.15, -0.1) is 0 Å². The molecule has 3 rings (SSSR count). The number of ether oxygens (including phenoxy) is 1. The molecule has 0 amide bonds. The smallest absolute Gasteiger partial charge is 0.336 e. The Morgan fingerprint density at radius 1 is 1.26 bits per heavy atom. The monoisotopic (exact) mass is 406 g/mol. The van der Waals surface area contributed by atoms with Crippen molar-refractivity contribution in [2.24, 2.45) is 0 Å². The standard InChI is InChI=1S/C20H26N2O3S2/c1-14(2)21-6-8-22(9-7-21)20(26)27-11-10-24-16-4-5-17-15(3)12-19(23)25-18(17)13-16/h4-5,12-14H,6-11H2,1-3H3. The molecule has 0 spiro atoms. The summed E-state index contributed by atoms with van der Waals surface area (Å²) in [6.07, 6.45) is 0. The molecule has 7 heteroatoms. The molecule has 27 heavy (non-hydrogen) atoms. The van der Waals surface area contributed by atoms with Crippen LogP contribution >= 0.6 is 24.0 Å². The number of thioether (sulfide) groups is 1. The molecule has 0 N–H and O–H groups in total. The van der Waals surface area contributed by atoms with Crippen molar-refractivity contribution in [3.63, 3.8) is 0 Å². The predicted octanol–water partition coefficient (Wildman–Crippen LogP) is 3.52. The number of nitrogens with zero attached hydrogens (tertiary/aromatic N) is 2. The molecule has 1 aromatic carbocycles. The van der Waals surface area contributed by atoms with E-state index in [0.717, 1.165) is 47.2 Å². The molecule has 1 aliphatic rings. The fourth-order valence-electron chi connectivity index (χ4n) is 3.20. The fourth-order valence-corrected chi connectivity index (χ4v) is 4.33. The van der Waals surface area contributed by atoms with Gasteiger partial charge in [0.15, 0.2) is 0 Å². The fraction of sp³-hybridized carbons (Fsp3) is 0.500. The quantitative estimate of drug-likeness (QED) is 0.428. The molecule has 1 aliphatic heterocycles. The Hall–Kier alpha value is -1.57. The Bertz CT molecular complexity index is 858. The number of fused-ring (bicyclic) bond motifs is 1. The van der Waals surface area contributed by atoms with Crippen molar-refractivity contribution in [3.05, 3.63) is 40.2 Å². The Morgan fingerprint density at radius 3 is 2.70 bits per heavy atom. The summed E-state index contributed by atoms with van der Waals surface area (Å²) >= 11 is 7.23. The van der Waals surface area contributed by atoms with Crippen LogP contribution in [0.25, 0.3) is 11.0 Å². The molecule has 0 radical (unpaired) electrons. The van der Waals surface area contributed by atoms with E-state index in [1.165, 1.54) is 6.07 Å². The van der Waals surface area contributed by atoms with Gasteiger partial charge in [0, 0.05) is 55.5 Å². The van der Waals surface area contributed by atoms with E-state index in [2.05, 4.69) is 23.6 Å². The lowest BCUT2D eigenvalue weighted by atomic mass is 10.1. The minimum atomic E-state index is -0.337. The van der Waals surface area contributed by atoms with Crippen LogP contribution < -0.4 is 10.4 Å². The van der Waals surface area contributed by atoms with E-state index < -0.39 is 0 Å². The number of thiocarbonyl (C=S) groups is 1.